The van der Waals surface area contributed by atoms with Gasteiger partial charge in [-0.25, -0.2) is 0 Å². The standard InChI is InChI=1S/C12H10N4O2/c13-6-9-7-14-16-11(9)15-12(18)10(17)8-4-2-1-3-5-8/h1-5,7,10,17H,(H2,14,15,16,18). The van der Waals surface area contributed by atoms with Crippen LogP contribution < -0.4 is 5.32 Å². The topological polar surface area (TPSA) is 102 Å². The lowest BCUT2D eigenvalue weighted by molar-refractivity contribution is -0.124. The van der Waals surface area contributed by atoms with Crippen LogP contribution in [0.15, 0.2) is 36.5 Å². The molecule has 2 rings (SSSR count). The Morgan fingerprint density at radius 3 is 2.83 bits per heavy atom. The number of nitrogens with zero attached hydrogens (tertiary/aromatic N) is 2. The van der Waals surface area contributed by atoms with Crippen LogP contribution in [0.25, 0.3) is 0 Å². The van der Waals surface area contributed by atoms with E-state index in [9.17, 15) is 9.90 Å². The molecule has 3 N–H and O–H groups in total. The van der Waals surface area contributed by atoms with Crippen LogP contribution >= 0.6 is 0 Å². The number of aromatic amines is 1. The fourth-order valence-corrected chi connectivity index (χ4v) is 1.44. The van der Waals surface area contributed by atoms with Crippen molar-refractivity contribution in [3.05, 3.63) is 47.7 Å². The normalized spacial score (nSPS) is 11.6. The Bertz CT molecular complexity index is 586. The number of carbonyl (C=O) groups excluding carboxylic acids is 1. The van der Waals surface area contributed by atoms with Crippen LogP contribution in [0, 0.1) is 11.3 Å². The lowest BCUT2D eigenvalue weighted by Gasteiger charge is -2.10. The molecular weight excluding hydrogens is 232 g/mol. The third-order valence-corrected chi connectivity index (χ3v) is 2.37. The second-order valence-electron chi connectivity index (χ2n) is 3.57. The zero-order valence-corrected chi connectivity index (χ0v) is 9.29. The van der Waals surface area contributed by atoms with Crippen LogP contribution in [0.5, 0.6) is 0 Å². The van der Waals surface area contributed by atoms with Crippen molar-refractivity contribution in [2.24, 2.45) is 0 Å². The van der Waals surface area contributed by atoms with E-state index in [1.807, 2.05) is 6.07 Å². The summed E-state index contributed by atoms with van der Waals surface area (Å²) in [5.74, 6) is -0.445. The van der Waals surface area contributed by atoms with Gasteiger partial charge in [0.05, 0.1) is 6.20 Å². The molecule has 1 amide bonds. The van der Waals surface area contributed by atoms with E-state index in [1.54, 1.807) is 30.3 Å². The predicted molar refractivity (Wildman–Crippen MR) is 63.3 cm³/mol. The number of aromatic nitrogens is 2. The van der Waals surface area contributed by atoms with E-state index in [0.29, 0.717) is 5.56 Å². The molecule has 18 heavy (non-hydrogen) atoms. The maximum Gasteiger partial charge on any atom is 0.259 e. The molecule has 2 aromatic rings. The van der Waals surface area contributed by atoms with Gasteiger partial charge in [-0.3, -0.25) is 9.89 Å². The first-order chi connectivity index (χ1) is 8.72. The molecule has 1 heterocycles. The summed E-state index contributed by atoms with van der Waals surface area (Å²) >= 11 is 0. The molecule has 1 unspecified atom stereocenters. The van der Waals surface area contributed by atoms with E-state index in [-0.39, 0.29) is 11.4 Å². The molecule has 1 aromatic heterocycles. The molecule has 0 aliphatic heterocycles. The monoisotopic (exact) mass is 242 g/mol. The molecule has 6 nitrogen and oxygen atoms in total. The summed E-state index contributed by atoms with van der Waals surface area (Å²) < 4.78 is 0. The van der Waals surface area contributed by atoms with Crippen LogP contribution in [0.3, 0.4) is 0 Å². The van der Waals surface area contributed by atoms with Crippen molar-refractivity contribution < 1.29 is 9.90 Å². The minimum Gasteiger partial charge on any atom is -0.378 e. The average Bonchev–Trinajstić information content (AvgIpc) is 2.86. The number of aliphatic hydroxyl groups is 1. The Morgan fingerprint density at radius 1 is 1.44 bits per heavy atom. The van der Waals surface area contributed by atoms with Crippen molar-refractivity contribution in [2.75, 3.05) is 5.32 Å². The van der Waals surface area contributed by atoms with Gasteiger partial charge in [0.15, 0.2) is 6.10 Å². The lowest BCUT2D eigenvalue weighted by Crippen LogP contribution is -2.21. The molecule has 6 heteroatoms. The van der Waals surface area contributed by atoms with Crippen molar-refractivity contribution in [2.45, 2.75) is 6.10 Å². The van der Waals surface area contributed by atoms with E-state index >= 15 is 0 Å². The smallest absolute Gasteiger partial charge is 0.259 e. The number of nitriles is 1. The number of aliphatic hydroxyl groups excluding tert-OH is 1. The molecule has 0 radical (unpaired) electrons. The summed E-state index contributed by atoms with van der Waals surface area (Å²) in [5, 5.41) is 27.1. The number of H-pyrrole nitrogens is 1. The molecule has 0 saturated heterocycles. The van der Waals surface area contributed by atoms with Gasteiger partial charge in [-0.15, -0.1) is 0 Å². The zero-order valence-electron chi connectivity index (χ0n) is 9.29. The van der Waals surface area contributed by atoms with Gasteiger partial charge in [0, 0.05) is 0 Å². The molecule has 0 spiro atoms. The Labute approximate surface area is 103 Å². The summed E-state index contributed by atoms with van der Waals surface area (Å²) in [5.41, 5.74) is 0.691. The first kappa shape index (κ1) is 11.8. The molecule has 0 aliphatic rings. The molecule has 90 valence electrons. The summed E-state index contributed by atoms with van der Waals surface area (Å²) in [7, 11) is 0. The van der Waals surface area contributed by atoms with Crippen molar-refractivity contribution in [1.29, 1.82) is 5.26 Å². The third-order valence-electron chi connectivity index (χ3n) is 2.37. The minimum absolute atomic E-state index is 0.178. The molecule has 1 aromatic carbocycles. The van der Waals surface area contributed by atoms with Crippen LogP contribution in [0.1, 0.15) is 17.2 Å². The van der Waals surface area contributed by atoms with Crippen molar-refractivity contribution in [3.63, 3.8) is 0 Å². The van der Waals surface area contributed by atoms with Crippen molar-refractivity contribution >= 4 is 11.7 Å². The van der Waals surface area contributed by atoms with Gasteiger partial charge in [-0.05, 0) is 5.56 Å². The number of anilines is 1. The van der Waals surface area contributed by atoms with E-state index in [2.05, 4.69) is 15.5 Å². The van der Waals surface area contributed by atoms with Gasteiger partial charge in [-0.2, -0.15) is 10.4 Å². The Hall–Kier alpha value is -2.65. The lowest BCUT2D eigenvalue weighted by atomic mass is 10.1. The highest BCUT2D eigenvalue weighted by Gasteiger charge is 2.18. The van der Waals surface area contributed by atoms with E-state index in [4.69, 9.17) is 5.26 Å². The molecular formula is C12H10N4O2. The fourth-order valence-electron chi connectivity index (χ4n) is 1.44. The number of nitrogens with one attached hydrogen (secondary N) is 2. The highest BCUT2D eigenvalue weighted by Crippen LogP contribution is 2.16. The van der Waals surface area contributed by atoms with Gasteiger partial charge < -0.3 is 10.4 Å². The van der Waals surface area contributed by atoms with Crippen molar-refractivity contribution in [1.82, 2.24) is 10.2 Å². The number of benzene rings is 1. The Balaban J connectivity index is 2.12. The van der Waals surface area contributed by atoms with Gasteiger partial charge in [-0.1, -0.05) is 30.3 Å². The first-order valence-electron chi connectivity index (χ1n) is 5.19. The number of rotatable bonds is 3. The highest BCUT2D eigenvalue weighted by atomic mass is 16.3. The predicted octanol–water partition coefficient (Wildman–Crippen LogP) is 0.953. The SMILES string of the molecule is N#Cc1cn[nH]c1NC(=O)C(O)c1ccccc1. The molecule has 1 atom stereocenters. The first-order valence-corrected chi connectivity index (χ1v) is 5.19. The summed E-state index contributed by atoms with van der Waals surface area (Å²) in [6.45, 7) is 0. The Kier molecular flexibility index (Phi) is 3.36. The van der Waals surface area contributed by atoms with E-state index in [0.717, 1.165) is 0 Å². The summed E-state index contributed by atoms with van der Waals surface area (Å²) in [6.07, 6.45) is 0.00544. The summed E-state index contributed by atoms with van der Waals surface area (Å²) in [6, 6.07) is 10.4. The van der Waals surface area contributed by atoms with E-state index in [1.165, 1.54) is 6.20 Å². The van der Waals surface area contributed by atoms with Crippen LogP contribution in [0.2, 0.25) is 0 Å². The van der Waals surface area contributed by atoms with Gasteiger partial charge in [0.1, 0.15) is 17.5 Å². The zero-order chi connectivity index (χ0) is 13.0. The second-order valence-corrected chi connectivity index (χ2v) is 3.57. The van der Waals surface area contributed by atoms with Gasteiger partial charge >= 0.3 is 0 Å². The van der Waals surface area contributed by atoms with Crippen LogP contribution in [-0.2, 0) is 4.79 Å². The van der Waals surface area contributed by atoms with Crippen LogP contribution in [0.4, 0.5) is 5.82 Å². The number of hydrogen-bond donors (Lipinski definition) is 3. The average molecular weight is 242 g/mol. The number of carbonyl (C=O) groups is 1. The van der Waals surface area contributed by atoms with Gasteiger partial charge in [0.25, 0.3) is 5.91 Å². The fraction of sp³-hybridized carbons (Fsp3) is 0.0833. The number of hydrogen-bond acceptors (Lipinski definition) is 4. The second kappa shape index (κ2) is 5.12. The Morgan fingerprint density at radius 2 is 2.17 bits per heavy atom. The molecule has 0 saturated carbocycles. The number of amides is 1. The maximum atomic E-state index is 11.8. The van der Waals surface area contributed by atoms with E-state index < -0.39 is 12.0 Å². The maximum absolute atomic E-state index is 11.8. The third kappa shape index (κ3) is 2.36. The molecule has 0 fully saturated rings. The largest absolute Gasteiger partial charge is 0.378 e. The van der Waals surface area contributed by atoms with Crippen molar-refractivity contribution in [3.8, 4) is 6.07 Å². The molecule has 0 aliphatic carbocycles. The molecule has 0 bridgehead atoms. The van der Waals surface area contributed by atoms with Gasteiger partial charge in [0.2, 0.25) is 0 Å². The quantitative estimate of drug-likeness (QED) is 0.745. The van der Waals surface area contributed by atoms with Crippen LogP contribution in [-0.4, -0.2) is 21.2 Å². The summed E-state index contributed by atoms with van der Waals surface area (Å²) in [4.78, 5) is 11.8. The highest BCUT2D eigenvalue weighted by molar-refractivity contribution is 5.94. The minimum atomic E-state index is -1.29.